The number of piperidine rings is 1. The van der Waals surface area contributed by atoms with E-state index in [4.69, 9.17) is 0 Å². The van der Waals surface area contributed by atoms with E-state index in [2.05, 4.69) is 11.9 Å². The summed E-state index contributed by atoms with van der Waals surface area (Å²) < 4.78 is 22.9. The Hall–Kier alpha value is -0.350. The minimum Gasteiger partial charge on any atom is -0.315 e. The lowest BCUT2D eigenvalue weighted by atomic mass is 10.2. The van der Waals surface area contributed by atoms with Gasteiger partial charge in [0.2, 0.25) is 0 Å². The first-order valence-electron chi connectivity index (χ1n) is 4.20. The standard InChI is InChI=1S/C8H15NO2S/c1-2-6-12(10,11)8-4-3-5-9-7-8/h2,8-9H,1,3-7H2. The number of hydrogen-bond acceptors (Lipinski definition) is 3. The second kappa shape index (κ2) is 4.05. The molecular formula is C8H15NO2S. The van der Waals surface area contributed by atoms with Crippen LogP contribution in [-0.4, -0.2) is 32.5 Å². The third kappa shape index (κ3) is 2.32. The van der Waals surface area contributed by atoms with E-state index in [1.165, 1.54) is 6.08 Å². The van der Waals surface area contributed by atoms with Gasteiger partial charge in [-0.25, -0.2) is 8.42 Å². The zero-order chi connectivity index (χ0) is 9.03. The van der Waals surface area contributed by atoms with Crippen LogP contribution in [0.2, 0.25) is 0 Å². The van der Waals surface area contributed by atoms with Gasteiger partial charge in [-0.05, 0) is 19.4 Å². The van der Waals surface area contributed by atoms with E-state index in [1.54, 1.807) is 0 Å². The van der Waals surface area contributed by atoms with Crippen LogP contribution in [0.1, 0.15) is 12.8 Å². The fourth-order valence-corrected chi connectivity index (χ4v) is 2.92. The van der Waals surface area contributed by atoms with Crippen LogP contribution < -0.4 is 5.32 Å². The number of hydrogen-bond donors (Lipinski definition) is 1. The van der Waals surface area contributed by atoms with Crippen LogP contribution in [0.25, 0.3) is 0 Å². The molecule has 0 aromatic heterocycles. The average Bonchev–Trinajstić information content (AvgIpc) is 2.06. The summed E-state index contributed by atoms with van der Waals surface area (Å²) in [6, 6.07) is 0. The third-order valence-electron chi connectivity index (χ3n) is 2.11. The first-order chi connectivity index (χ1) is 5.67. The minimum atomic E-state index is -2.91. The van der Waals surface area contributed by atoms with Crippen LogP contribution >= 0.6 is 0 Å². The molecule has 1 atom stereocenters. The molecule has 0 radical (unpaired) electrons. The quantitative estimate of drug-likeness (QED) is 0.651. The minimum absolute atomic E-state index is 0.110. The van der Waals surface area contributed by atoms with Crippen LogP contribution in [0.4, 0.5) is 0 Å². The van der Waals surface area contributed by atoms with Crippen molar-refractivity contribution >= 4 is 9.84 Å². The van der Waals surface area contributed by atoms with Crippen molar-refractivity contribution in [1.29, 1.82) is 0 Å². The van der Waals surface area contributed by atoms with Crippen molar-refractivity contribution in [3.63, 3.8) is 0 Å². The second-order valence-electron chi connectivity index (χ2n) is 3.09. The highest BCUT2D eigenvalue weighted by atomic mass is 32.2. The van der Waals surface area contributed by atoms with E-state index in [-0.39, 0.29) is 11.0 Å². The summed E-state index contributed by atoms with van der Waals surface area (Å²) in [6.45, 7) is 4.99. The van der Waals surface area contributed by atoms with Gasteiger partial charge in [-0.15, -0.1) is 6.58 Å². The van der Waals surface area contributed by atoms with Gasteiger partial charge in [-0.2, -0.15) is 0 Å². The topological polar surface area (TPSA) is 46.2 Å². The first kappa shape index (κ1) is 9.74. The predicted molar refractivity (Wildman–Crippen MR) is 49.9 cm³/mol. The van der Waals surface area contributed by atoms with Gasteiger partial charge in [-0.3, -0.25) is 0 Å². The molecule has 1 unspecified atom stereocenters. The van der Waals surface area contributed by atoms with Crippen molar-refractivity contribution < 1.29 is 8.42 Å². The molecule has 0 amide bonds. The molecule has 0 aliphatic carbocycles. The highest BCUT2D eigenvalue weighted by Crippen LogP contribution is 2.12. The third-order valence-corrected chi connectivity index (χ3v) is 4.23. The largest absolute Gasteiger partial charge is 0.315 e. The Kier molecular flexibility index (Phi) is 3.29. The molecule has 1 fully saturated rings. The Labute approximate surface area is 73.8 Å². The molecule has 0 spiro atoms. The van der Waals surface area contributed by atoms with E-state index in [9.17, 15) is 8.42 Å². The van der Waals surface area contributed by atoms with Crippen LogP contribution in [0, 0.1) is 0 Å². The molecule has 1 rings (SSSR count). The van der Waals surface area contributed by atoms with E-state index >= 15 is 0 Å². The van der Waals surface area contributed by atoms with Crippen molar-refractivity contribution in [2.24, 2.45) is 0 Å². The van der Waals surface area contributed by atoms with Gasteiger partial charge >= 0.3 is 0 Å². The maximum Gasteiger partial charge on any atom is 0.157 e. The van der Waals surface area contributed by atoms with Gasteiger partial charge in [0, 0.05) is 6.54 Å². The van der Waals surface area contributed by atoms with E-state index in [0.717, 1.165) is 19.4 Å². The molecule has 70 valence electrons. The molecule has 0 aromatic rings. The van der Waals surface area contributed by atoms with E-state index in [1.807, 2.05) is 0 Å². The molecule has 1 aliphatic heterocycles. The van der Waals surface area contributed by atoms with Crippen molar-refractivity contribution in [3.8, 4) is 0 Å². The molecule has 12 heavy (non-hydrogen) atoms. The summed E-state index contributed by atoms with van der Waals surface area (Å²) in [4.78, 5) is 0. The van der Waals surface area contributed by atoms with Gasteiger partial charge in [0.05, 0.1) is 11.0 Å². The molecule has 0 bridgehead atoms. The first-order valence-corrected chi connectivity index (χ1v) is 5.91. The Morgan fingerprint density at radius 2 is 2.33 bits per heavy atom. The van der Waals surface area contributed by atoms with Crippen LogP contribution in [-0.2, 0) is 9.84 Å². The van der Waals surface area contributed by atoms with Crippen LogP contribution in [0.5, 0.6) is 0 Å². The monoisotopic (exact) mass is 189 g/mol. The van der Waals surface area contributed by atoms with E-state index < -0.39 is 9.84 Å². The lowest BCUT2D eigenvalue weighted by Gasteiger charge is -2.21. The Morgan fingerprint density at radius 3 is 2.83 bits per heavy atom. The zero-order valence-corrected chi connectivity index (χ0v) is 7.94. The van der Waals surface area contributed by atoms with Gasteiger partial charge in [0.25, 0.3) is 0 Å². The van der Waals surface area contributed by atoms with Crippen molar-refractivity contribution in [1.82, 2.24) is 5.32 Å². The molecule has 4 heteroatoms. The number of rotatable bonds is 3. The lowest BCUT2D eigenvalue weighted by Crippen LogP contribution is -2.39. The van der Waals surface area contributed by atoms with Crippen molar-refractivity contribution in [3.05, 3.63) is 12.7 Å². The number of nitrogens with one attached hydrogen (secondary N) is 1. The summed E-state index contributed by atoms with van der Waals surface area (Å²) in [6.07, 6.45) is 3.22. The maximum atomic E-state index is 11.5. The highest BCUT2D eigenvalue weighted by Gasteiger charge is 2.25. The van der Waals surface area contributed by atoms with Gasteiger partial charge in [-0.1, -0.05) is 6.08 Å². The molecule has 1 N–H and O–H groups in total. The summed E-state index contributed by atoms with van der Waals surface area (Å²) in [5.41, 5.74) is 0. The molecule has 1 saturated heterocycles. The molecule has 0 saturated carbocycles. The Balaban J connectivity index is 2.60. The SMILES string of the molecule is C=CCS(=O)(=O)C1CCCNC1. The lowest BCUT2D eigenvalue weighted by molar-refractivity contribution is 0.498. The Bertz CT molecular complexity index is 240. The van der Waals surface area contributed by atoms with Crippen molar-refractivity contribution in [2.45, 2.75) is 18.1 Å². The van der Waals surface area contributed by atoms with Gasteiger partial charge in [0.15, 0.2) is 9.84 Å². The average molecular weight is 189 g/mol. The molecule has 1 heterocycles. The zero-order valence-electron chi connectivity index (χ0n) is 7.12. The highest BCUT2D eigenvalue weighted by molar-refractivity contribution is 7.92. The number of sulfone groups is 1. The fraction of sp³-hybridized carbons (Fsp3) is 0.750. The van der Waals surface area contributed by atoms with Gasteiger partial charge < -0.3 is 5.32 Å². The predicted octanol–water partition coefficient (Wildman–Crippen LogP) is 0.339. The summed E-state index contributed by atoms with van der Waals surface area (Å²) in [5, 5.41) is 2.90. The summed E-state index contributed by atoms with van der Waals surface area (Å²) >= 11 is 0. The van der Waals surface area contributed by atoms with Crippen LogP contribution in [0.15, 0.2) is 12.7 Å². The normalized spacial score (nSPS) is 25.2. The molecular weight excluding hydrogens is 174 g/mol. The summed E-state index contributed by atoms with van der Waals surface area (Å²) in [5.74, 6) is 0.110. The molecule has 1 aliphatic rings. The fourth-order valence-electron chi connectivity index (χ4n) is 1.43. The molecule has 0 aromatic carbocycles. The summed E-state index contributed by atoms with van der Waals surface area (Å²) in [7, 11) is -2.91. The van der Waals surface area contributed by atoms with Crippen molar-refractivity contribution in [2.75, 3.05) is 18.8 Å². The van der Waals surface area contributed by atoms with Crippen LogP contribution in [0.3, 0.4) is 0 Å². The maximum absolute atomic E-state index is 11.5. The van der Waals surface area contributed by atoms with Gasteiger partial charge in [0.1, 0.15) is 0 Å². The smallest absolute Gasteiger partial charge is 0.157 e. The second-order valence-corrected chi connectivity index (χ2v) is 5.41. The Morgan fingerprint density at radius 1 is 1.58 bits per heavy atom. The van der Waals surface area contributed by atoms with E-state index in [0.29, 0.717) is 6.54 Å². The molecule has 3 nitrogen and oxygen atoms in total.